The molecule has 0 spiro atoms. The maximum Gasteiger partial charge on any atom is 0.328 e. The van der Waals surface area contributed by atoms with Gasteiger partial charge in [-0.15, -0.1) is 0 Å². The van der Waals surface area contributed by atoms with Gasteiger partial charge >= 0.3 is 5.97 Å². The molecule has 20 heavy (non-hydrogen) atoms. The molecule has 0 amide bonds. The van der Waals surface area contributed by atoms with Gasteiger partial charge in [-0.05, 0) is 42.7 Å². The first-order valence-corrected chi connectivity index (χ1v) is 6.34. The maximum atomic E-state index is 10.6. The van der Waals surface area contributed by atoms with Gasteiger partial charge in [0.25, 0.3) is 0 Å². The van der Waals surface area contributed by atoms with Crippen molar-refractivity contribution in [3.8, 4) is 11.4 Å². The SMILES string of the molecule is COc1ccc2c(c1)CCc1c(C=CC(=O)O)cnn1-2. The highest BCUT2D eigenvalue weighted by Gasteiger charge is 2.19. The zero-order valence-corrected chi connectivity index (χ0v) is 11.0. The van der Waals surface area contributed by atoms with Gasteiger partial charge in [0.15, 0.2) is 0 Å². The summed E-state index contributed by atoms with van der Waals surface area (Å²) in [6, 6.07) is 5.91. The molecular weight excluding hydrogens is 256 g/mol. The molecule has 1 aromatic carbocycles. The van der Waals surface area contributed by atoms with Crippen LogP contribution < -0.4 is 4.74 Å². The summed E-state index contributed by atoms with van der Waals surface area (Å²) >= 11 is 0. The Kier molecular flexibility index (Phi) is 3.02. The summed E-state index contributed by atoms with van der Waals surface area (Å²) in [5.41, 5.74) is 4.12. The lowest BCUT2D eigenvalue weighted by Gasteiger charge is -2.19. The fraction of sp³-hybridized carbons (Fsp3) is 0.200. The molecule has 2 heterocycles. The molecule has 5 heteroatoms. The van der Waals surface area contributed by atoms with E-state index in [1.165, 1.54) is 5.56 Å². The van der Waals surface area contributed by atoms with E-state index in [9.17, 15) is 4.79 Å². The van der Waals surface area contributed by atoms with Crippen molar-refractivity contribution in [2.45, 2.75) is 12.8 Å². The Hall–Kier alpha value is -2.56. The second-order valence-corrected chi connectivity index (χ2v) is 4.62. The minimum Gasteiger partial charge on any atom is -0.497 e. The van der Waals surface area contributed by atoms with E-state index in [4.69, 9.17) is 9.84 Å². The van der Waals surface area contributed by atoms with E-state index in [-0.39, 0.29) is 0 Å². The zero-order chi connectivity index (χ0) is 14.1. The van der Waals surface area contributed by atoms with E-state index in [1.807, 2.05) is 22.9 Å². The summed E-state index contributed by atoms with van der Waals surface area (Å²) in [4.78, 5) is 10.6. The number of hydrogen-bond acceptors (Lipinski definition) is 3. The third-order valence-electron chi connectivity index (χ3n) is 3.45. The summed E-state index contributed by atoms with van der Waals surface area (Å²) in [6.45, 7) is 0. The fourth-order valence-electron chi connectivity index (χ4n) is 2.49. The highest BCUT2D eigenvalue weighted by atomic mass is 16.5. The Morgan fingerprint density at radius 3 is 3.05 bits per heavy atom. The van der Waals surface area contributed by atoms with E-state index in [1.54, 1.807) is 19.4 Å². The minimum absolute atomic E-state index is 0.833. The van der Waals surface area contributed by atoms with Crippen LogP contribution in [0.2, 0.25) is 0 Å². The van der Waals surface area contributed by atoms with Crippen molar-refractivity contribution in [2.24, 2.45) is 0 Å². The molecule has 5 nitrogen and oxygen atoms in total. The molecule has 1 aromatic heterocycles. The van der Waals surface area contributed by atoms with E-state index >= 15 is 0 Å². The van der Waals surface area contributed by atoms with E-state index in [2.05, 4.69) is 5.10 Å². The number of carboxylic acid groups (broad SMARTS) is 1. The molecule has 0 saturated heterocycles. The van der Waals surface area contributed by atoms with Crippen LogP contribution in [0.3, 0.4) is 0 Å². The molecule has 0 atom stereocenters. The first-order valence-electron chi connectivity index (χ1n) is 6.34. The van der Waals surface area contributed by atoms with Crippen molar-refractivity contribution in [3.63, 3.8) is 0 Å². The molecule has 0 saturated carbocycles. The fourth-order valence-corrected chi connectivity index (χ4v) is 2.49. The predicted molar refractivity (Wildman–Crippen MR) is 74.2 cm³/mol. The lowest BCUT2D eigenvalue weighted by molar-refractivity contribution is -0.131. The van der Waals surface area contributed by atoms with Gasteiger partial charge < -0.3 is 9.84 Å². The molecule has 3 rings (SSSR count). The smallest absolute Gasteiger partial charge is 0.328 e. The van der Waals surface area contributed by atoms with Crippen LogP contribution in [0.5, 0.6) is 5.75 Å². The highest BCUT2D eigenvalue weighted by Crippen LogP contribution is 2.29. The second-order valence-electron chi connectivity index (χ2n) is 4.62. The summed E-state index contributed by atoms with van der Waals surface area (Å²) in [5, 5.41) is 13.1. The van der Waals surface area contributed by atoms with Gasteiger partial charge in [0.2, 0.25) is 0 Å². The summed E-state index contributed by atoms with van der Waals surface area (Å²) < 4.78 is 7.11. The van der Waals surface area contributed by atoms with Crippen LogP contribution in [-0.4, -0.2) is 28.0 Å². The van der Waals surface area contributed by atoms with Crippen molar-refractivity contribution in [1.29, 1.82) is 0 Å². The third-order valence-corrected chi connectivity index (χ3v) is 3.45. The average molecular weight is 270 g/mol. The number of hydrogen-bond donors (Lipinski definition) is 1. The van der Waals surface area contributed by atoms with Crippen LogP contribution in [0, 0.1) is 0 Å². The van der Waals surface area contributed by atoms with Crippen LogP contribution in [0.1, 0.15) is 16.8 Å². The van der Waals surface area contributed by atoms with E-state index < -0.39 is 5.97 Å². The number of rotatable bonds is 3. The molecule has 2 aromatic rings. The lowest BCUT2D eigenvalue weighted by Crippen LogP contribution is -2.13. The topological polar surface area (TPSA) is 64.3 Å². The number of aromatic nitrogens is 2. The maximum absolute atomic E-state index is 10.6. The van der Waals surface area contributed by atoms with Crippen LogP contribution in [0.25, 0.3) is 11.8 Å². The van der Waals surface area contributed by atoms with Crippen molar-refractivity contribution in [1.82, 2.24) is 9.78 Å². The standard InChI is InChI=1S/C15H14N2O3/c1-20-12-4-6-13-10(8-12)2-5-14-11(3-7-15(18)19)9-16-17(13)14/h3-4,6-9H,2,5H2,1H3,(H,18,19). The molecule has 0 bridgehead atoms. The van der Waals surface area contributed by atoms with Crippen molar-refractivity contribution < 1.29 is 14.6 Å². The number of benzene rings is 1. The number of methoxy groups -OCH3 is 1. The normalized spacial score (nSPS) is 13.1. The Bertz CT molecular complexity index is 701. The van der Waals surface area contributed by atoms with Gasteiger partial charge in [-0.25, -0.2) is 9.48 Å². The van der Waals surface area contributed by atoms with Gasteiger partial charge in [-0.2, -0.15) is 5.10 Å². The van der Waals surface area contributed by atoms with Crippen LogP contribution in [-0.2, 0) is 17.6 Å². The molecule has 0 unspecified atom stereocenters. The number of aryl methyl sites for hydroxylation is 1. The first kappa shape index (κ1) is 12.5. The first-order chi connectivity index (χ1) is 9.69. The van der Waals surface area contributed by atoms with Crippen molar-refractivity contribution in [3.05, 3.63) is 47.3 Å². The van der Waals surface area contributed by atoms with Gasteiger partial charge in [0.05, 0.1) is 24.7 Å². The Morgan fingerprint density at radius 1 is 1.45 bits per heavy atom. The average Bonchev–Trinajstić information content (AvgIpc) is 2.87. The van der Waals surface area contributed by atoms with Crippen molar-refractivity contribution >= 4 is 12.0 Å². The third kappa shape index (κ3) is 2.07. The minimum atomic E-state index is -0.953. The molecule has 1 N–H and O–H groups in total. The number of fused-ring (bicyclic) bond motifs is 3. The Labute approximate surface area is 116 Å². The quantitative estimate of drug-likeness (QED) is 0.867. The molecule has 0 aliphatic carbocycles. The Balaban J connectivity index is 2.03. The zero-order valence-electron chi connectivity index (χ0n) is 11.0. The Morgan fingerprint density at radius 2 is 2.30 bits per heavy atom. The molecule has 0 radical (unpaired) electrons. The van der Waals surface area contributed by atoms with Crippen LogP contribution in [0.15, 0.2) is 30.5 Å². The largest absolute Gasteiger partial charge is 0.497 e. The van der Waals surface area contributed by atoms with Gasteiger partial charge in [0.1, 0.15) is 5.75 Å². The van der Waals surface area contributed by atoms with E-state index in [0.717, 1.165) is 41.6 Å². The number of carboxylic acids is 1. The van der Waals surface area contributed by atoms with E-state index in [0.29, 0.717) is 0 Å². The second kappa shape index (κ2) is 4.85. The monoisotopic (exact) mass is 270 g/mol. The van der Waals surface area contributed by atoms with Crippen LogP contribution in [0.4, 0.5) is 0 Å². The molecule has 1 aliphatic rings. The van der Waals surface area contributed by atoms with Gasteiger partial charge in [-0.1, -0.05) is 0 Å². The number of nitrogens with zero attached hydrogens (tertiary/aromatic N) is 2. The molecular formula is C15H14N2O3. The highest BCUT2D eigenvalue weighted by molar-refractivity contribution is 5.85. The number of aliphatic carboxylic acids is 1. The molecule has 1 aliphatic heterocycles. The molecule has 0 fully saturated rings. The summed E-state index contributed by atoms with van der Waals surface area (Å²) in [7, 11) is 1.65. The van der Waals surface area contributed by atoms with Crippen molar-refractivity contribution in [2.75, 3.05) is 7.11 Å². The molecule has 102 valence electrons. The lowest BCUT2D eigenvalue weighted by atomic mass is 9.99. The number of carbonyl (C=O) groups is 1. The predicted octanol–water partition coefficient (Wildman–Crippen LogP) is 2.08. The summed E-state index contributed by atoms with van der Waals surface area (Å²) in [5.74, 6) is -0.115. The van der Waals surface area contributed by atoms with Gasteiger partial charge in [0, 0.05) is 11.6 Å². The summed E-state index contributed by atoms with van der Waals surface area (Å²) in [6.07, 6.45) is 6.16. The van der Waals surface area contributed by atoms with Gasteiger partial charge in [-0.3, -0.25) is 0 Å². The number of ether oxygens (including phenoxy) is 1. The van der Waals surface area contributed by atoms with Crippen LogP contribution >= 0.6 is 0 Å².